The molecular weight excluding hydrogens is 258 g/mol. The second kappa shape index (κ2) is 5.87. The van der Waals surface area contributed by atoms with Gasteiger partial charge < -0.3 is 15.7 Å². The van der Waals surface area contributed by atoms with E-state index in [0.717, 1.165) is 16.7 Å². The number of aromatic nitrogens is 3. The van der Waals surface area contributed by atoms with Crippen LogP contribution in [0.5, 0.6) is 0 Å². The summed E-state index contributed by atoms with van der Waals surface area (Å²) in [6, 6.07) is 1.53. The first kappa shape index (κ1) is 14.3. The van der Waals surface area contributed by atoms with Gasteiger partial charge in [-0.15, -0.1) is 0 Å². The fraction of sp³-hybridized carbons (Fsp3) is 0.462. The zero-order valence-electron chi connectivity index (χ0n) is 11.8. The third kappa shape index (κ3) is 3.24. The van der Waals surface area contributed by atoms with E-state index < -0.39 is 6.10 Å². The molecule has 7 heteroatoms. The van der Waals surface area contributed by atoms with E-state index in [2.05, 4.69) is 20.7 Å². The van der Waals surface area contributed by atoms with Crippen LogP contribution < -0.4 is 10.6 Å². The van der Waals surface area contributed by atoms with Crippen molar-refractivity contribution in [3.05, 3.63) is 18.0 Å². The predicted molar refractivity (Wildman–Crippen MR) is 76.6 cm³/mol. The Morgan fingerprint density at radius 3 is 3.00 bits per heavy atom. The van der Waals surface area contributed by atoms with Gasteiger partial charge in [0.05, 0.1) is 23.7 Å². The number of carbonyl (C=O) groups is 1. The Morgan fingerprint density at radius 1 is 1.55 bits per heavy atom. The normalized spacial score (nSPS) is 12.4. The Labute approximate surface area is 117 Å². The van der Waals surface area contributed by atoms with Gasteiger partial charge in [-0.2, -0.15) is 5.10 Å². The van der Waals surface area contributed by atoms with Gasteiger partial charge in [-0.25, -0.2) is 9.78 Å². The highest BCUT2D eigenvalue weighted by Crippen LogP contribution is 2.18. The summed E-state index contributed by atoms with van der Waals surface area (Å²) in [6.45, 7) is 4.00. The highest BCUT2D eigenvalue weighted by atomic mass is 16.3. The van der Waals surface area contributed by atoms with Gasteiger partial charge in [0.1, 0.15) is 0 Å². The van der Waals surface area contributed by atoms with E-state index in [1.165, 1.54) is 0 Å². The van der Waals surface area contributed by atoms with Gasteiger partial charge in [0.25, 0.3) is 0 Å². The van der Waals surface area contributed by atoms with Crippen LogP contribution in [-0.2, 0) is 7.05 Å². The summed E-state index contributed by atoms with van der Waals surface area (Å²) in [5.41, 5.74) is 2.26. The van der Waals surface area contributed by atoms with Crippen LogP contribution in [-0.4, -0.2) is 38.6 Å². The minimum atomic E-state index is -0.425. The van der Waals surface area contributed by atoms with Crippen LogP contribution in [0.15, 0.2) is 12.3 Å². The number of anilines is 1. The third-order valence-electron chi connectivity index (χ3n) is 2.97. The lowest BCUT2D eigenvalue weighted by Gasteiger charge is -2.08. The van der Waals surface area contributed by atoms with E-state index in [1.54, 1.807) is 17.8 Å². The van der Waals surface area contributed by atoms with Crippen molar-refractivity contribution in [2.75, 3.05) is 11.9 Å². The molecule has 2 heterocycles. The Hall–Kier alpha value is -2.15. The average Bonchev–Trinajstić information content (AvgIpc) is 2.64. The summed E-state index contributed by atoms with van der Waals surface area (Å²) in [6.07, 6.45) is 1.69. The second-order valence-electron chi connectivity index (χ2n) is 4.82. The van der Waals surface area contributed by atoms with Crippen molar-refractivity contribution in [1.82, 2.24) is 20.1 Å². The van der Waals surface area contributed by atoms with Gasteiger partial charge in [0.2, 0.25) is 0 Å². The van der Waals surface area contributed by atoms with Gasteiger partial charge in [0.15, 0.2) is 5.65 Å². The number of nitrogens with zero attached hydrogens (tertiary/aromatic N) is 3. The third-order valence-corrected chi connectivity index (χ3v) is 2.97. The number of aliphatic hydroxyl groups excluding tert-OH is 1. The number of urea groups is 1. The minimum absolute atomic E-state index is 0.312. The molecule has 0 saturated carbocycles. The van der Waals surface area contributed by atoms with Crippen molar-refractivity contribution in [1.29, 1.82) is 0 Å². The summed E-state index contributed by atoms with van der Waals surface area (Å²) < 4.78 is 1.71. The van der Waals surface area contributed by atoms with Gasteiger partial charge in [0, 0.05) is 19.0 Å². The predicted octanol–water partition coefficient (Wildman–Crippen LogP) is 1.17. The maximum atomic E-state index is 11.7. The molecular formula is C13H19N5O2. The Balaban J connectivity index is 2.03. The number of aliphatic hydroxyl groups is 1. The lowest BCUT2D eigenvalue weighted by molar-refractivity contribution is 0.184. The second-order valence-corrected chi connectivity index (χ2v) is 4.82. The molecule has 0 aromatic carbocycles. The molecule has 1 atom stereocenters. The molecule has 0 spiro atoms. The van der Waals surface area contributed by atoms with Crippen LogP contribution in [0.1, 0.15) is 19.0 Å². The summed E-state index contributed by atoms with van der Waals surface area (Å²) in [5.74, 6) is 0. The molecule has 0 aliphatic carbocycles. The van der Waals surface area contributed by atoms with Gasteiger partial charge in [-0.05, 0) is 26.3 Å². The average molecular weight is 277 g/mol. The molecule has 0 fully saturated rings. The molecule has 0 aliphatic heterocycles. The van der Waals surface area contributed by atoms with E-state index in [0.29, 0.717) is 18.7 Å². The maximum absolute atomic E-state index is 11.7. The molecule has 2 aromatic rings. The summed E-state index contributed by atoms with van der Waals surface area (Å²) in [7, 11) is 1.83. The largest absolute Gasteiger partial charge is 0.393 e. The van der Waals surface area contributed by atoms with E-state index in [1.807, 2.05) is 20.0 Å². The van der Waals surface area contributed by atoms with Crippen LogP contribution in [0.3, 0.4) is 0 Å². The highest BCUT2D eigenvalue weighted by Gasteiger charge is 2.08. The Kier molecular flexibility index (Phi) is 4.19. The van der Waals surface area contributed by atoms with E-state index in [4.69, 9.17) is 5.11 Å². The van der Waals surface area contributed by atoms with Crippen molar-refractivity contribution in [2.45, 2.75) is 26.4 Å². The van der Waals surface area contributed by atoms with Gasteiger partial charge >= 0.3 is 6.03 Å². The zero-order valence-corrected chi connectivity index (χ0v) is 11.8. The van der Waals surface area contributed by atoms with Crippen molar-refractivity contribution in [2.24, 2.45) is 7.05 Å². The van der Waals surface area contributed by atoms with Gasteiger partial charge in [-0.3, -0.25) is 4.68 Å². The number of nitrogens with one attached hydrogen (secondary N) is 2. The highest BCUT2D eigenvalue weighted by molar-refractivity contribution is 5.91. The summed E-state index contributed by atoms with van der Waals surface area (Å²) >= 11 is 0. The summed E-state index contributed by atoms with van der Waals surface area (Å²) in [4.78, 5) is 15.9. The molecule has 2 rings (SSSR count). The van der Waals surface area contributed by atoms with Crippen LogP contribution in [0, 0.1) is 6.92 Å². The molecule has 7 nitrogen and oxygen atoms in total. The molecule has 0 radical (unpaired) electrons. The molecule has 108 valence electrons. The number of pyridine rings is 1. The standard InChI is InChI=1S/C13H19N5O2/c1-8(19)4-5-14-13(20)16-10-6-11-9(2)17-18(3)12(11)15-7-10/h6-8,19H,4-5H2,1-3H3,(H2,14,16,20). The fourth-order valence-corrected chi connectivity index (χ4v) is 1.95. The van der Waals surface area contributed by atoms with Gasteiger partial charge in [-0.1, -0.05) is 0 Å². The molecule has 0 saturated heterocycles. The first-order valence-corrected chi connectivity index (χ1v) is 6.49. The molecule has 0 bridgehead atoms. The monoisotopic (exact) mass is 277 g/mol. The van der Waals surface area contributed by atoms with Crippen molar-refractivity contribution in [3.8, 4) is 0 Å². The van der Waals surface area contributed by atoms with Crippen molar-refractivity contribution >= 4 is 22.8 Å². The molecule has 2 amide bonds. The maximum Gasteiger partial charge on any atom is 0.319 e. The molecule has 3 N–H and O–H groups in total. The lowest BCUT2D eigenvalue weighted by Crippen LogP contribution is -2.30. The van der Waals surface area contributed by atoms with Crippen LogP contribution in [0.4, 0.5) is 10.5 Å². The van der Waals surface area contributed by atoms with Crippen molar-refractivity contribution in [3.63, 3.8) is 0 Å². The minimum Gasteiger partial charge on any atom is -0.393 e. The van der Waals surface area contributed by atoms with Crippen molar-refractivity contribution < 1.29 is 9.90 Å². The zero-order chi connectivity index (χ0) is 14.7. The topological polar surface area (TPSA) is 92.1 Å². The number of hydrogen-bond acceptors (Lipinski definition) is 4. The van der Waals surface area contributed by atoms with Crippen LogP contribution >= 0.6 is 0 Å². The first-order chi connectivity index (χ1) is 9.47. The van der Waals surface area contributed by atoms with Crippen LogP contribution in [0.25, 0.3) is 11.0 Å². The molecule has 2 aromatic heterocycles. The number of fused-ring (bicyclic) bond motifs is 1. The van der Waals surface area contributed by atoms with E-state index >= 15 is 0 Å². The van der Waals surface area contributed by atoms with E-state index in [-0.39, 0.29) is 6.03 Å². The first-order valence-electron chi connectivity index (χ1n) is 6.49. The Bertz CT molecular complexity index is 620. The lowest BCUT2D eigenvalue weighted by atomic mass is 10.2. The number of rotatable bonds is 4. The van der Waals surface area contributed by atoms with E-state index in [9.17, 15) is 4.79 Å². The smallest absolute Gasteiger partial charge is 0.319 e. The summed E-state index contributed by atoms with van der Waals surface area (Å²) in [5, 5.41) is 19.7. The molecule has 20 heavy (non-hydrogen) atoms. The number of carbonyl (C=O) groups excluding carboxylic acids is 1. The molecule has 0 aliphatic rings. The van der Waals surface area contributed by atoms with Crippen LogP contribution in [0.2, 0.25) is 0 Å². The fourth-order valence-electron chi connectivity index (χ4n) is 1.95. The number of amides is 2. The quantitative estimate of drug-likeness (QED) is 0.782. The SMILES string of the molecule is Cc1nn(C)c2ncc(NC(=O)NCCC(C)O)cc12. The molecule has 1 unspecified atom stereocenters. The number of hydrogen-bond donors (Lipinski definition) is 3. The number of aryl methyl sites for hydroxylation is 2. The Morgan fingerprint density at radius 2 is 2.30 bits per heavy atom.